The first-order valence-electron chi connectivity index (χ1n) is 14.4. The van der Waals surface area contributed by atoms with Crippen molar-refractivity contribution in [2.45, 2.75) is 104 Å². The standard InChI is InChI=1S/C30H46BNO6/c1-8-13-36-22-11-9-20(10-12-22)24(34)17-23(19(4)33)28(35)32-27(14-18(2)3)31-37-26-16-21-15-25(29(21,5)6)30(26,7)38-31/h9-12,18-19,21,23,25-27,33H,8,13-17H2,1-7H3,(H,32,35)/t19-,21+,23+,25+,26-,27+,30+/m1/s1. The van der Waals surface area contributed by atoms with Crippen LogP contribution >= 0.6 is 0 Å². The van der Waals surface area contributed by atoms with Gasteiger partial charge >= 0.3 is 7.12 Å². The van der Waals surface area contributed by atoms with Crippen LogP contribution in [-0.4, -0.2) is 54.3 Å². The van der Waals surface area contributed by atoms with Crippen molar-refractivity contribution in [2.24, 2.45) is 29.1 Å². The van der Waals surface area contributed by atoms with Crippen molar-refractivity contribution in [1.29, 1.82) is 0 Å². The summed E-state index contributed by atoms with van der Waals surface area (Å²) >= 11 is 0. The first kappa shape index (κ1) is 29.1. The maximum absolute atomic E-state index is 13.5. The molecule has 4 fully saturated rings. The number of carbonyl (C=O) groups is 2. The monoisotopic (exact) mass is 527 g/mol. The average Bonchev–Trinajstić information content (AvgIpc) is 3.22. The van der Waals surface area contributed by atoms with Crippen molar-refractivity contribution in [3.8, 4) is 5.75 Å². The number of amides is 1. The number of rotatable bonds is 12. The lowest BCUT2D eigenvalue weighted by Crippen LogP contribution is -2.65. The summed E-state index contributed by atoms with van der Waals surface area (Å²) in [6.07, 6.45) is 2.67. The highest BCUT2D eigenvalue weighted by Crippen LogP contribution is 2.65. The van der Waals surface area contributed by atoms with Crippen LogP contribution in [0.5, 0.6) is 5.75 Å². The molecule has 1 aromatic rings. The van der Waals surface area contributed by atoms with Gasteiger partial charge in [-0.15, -0.1) is 0 Å². The van der Waals surface area contributed by atoms with Crippen LogP contribution in [0.3, 0.4) is 0 Å². The molecule has 1 amide bonds. The summed E-state index contributed by atoms with van der Waals surface area (Å²) < 4.78 is 18.7. The topological polar surface area (TPSA) is 94.1 Å². The van der Waals surface area contributed by atoms with E-state index in [1.165, 1.54) is 0 Å². The number of benzene rings is 1. The molecule has 1 aliphatic heterocycles. The Morgan fingerprint density at radius 2 is 1.84 bits per heavy atom. The third-order valence-corrected chi connectivity index (χ3v) is 9.32. The highest BCUT2D eigenvalue weighted by molar-refractivity contribution is 6.47. The minimum Gasteiger partial charge on any atom is -0.494 e. The van der Waals surface area contributed by atoms with Crippen LogP contribution < -0.4 is 10.1 Å². The number of hydrogen-bond acceptors (Lipinski definition) is 6. The van der Waals surface area contributed by atoms with Crippen molar-refractivity contribution in [1.82, 2.24) is 5.32 Å². The lowest BCUT2D eigenvalue weighted by molar-refractivity contribution is -0.199. The Bertz CT molecular complexity index is 995. The predicted octanol–water partition coefficient (Wildman–Crippen LogP) is 4.84. The van der Waals surface area contributed by atoms with Gasteiger partial charge in [-0.3, -0.25) is 9.59 Å². The molecule has 8 heteroatoms. The summed E-state index contributed by atoms with van der Waals surface area (Å²) in [5.41, 5.74) is 0.362. The molecule has 0 unspecified atom stereocenters. The fraction of sp³-hybridized carbons (Fsp3) is 0.733. The summed E-state index contributed by atoms with van der Waals surface area (Å²) in [7, 11) is -0.549. The number of carbonyl (C=O) groups excluding carboxylic acids is 2. The number of ketones is 1. The Kier molecular flexibility index (Phi) is 8.65. The number of ether oxygens (including phenoxy) is 1. The fourth-order valence-corrected chi connectivity index (χ4v) is 6.86. The molecule has 0 aromatic heterocycles. The van der Waals surface area contributed by atoms with E-state index in [2.05, 4.69) is 39.9 Å². The Balaban J connectivity index is 1.43. The molecule has 5 rings (SSSR count). The van der Waals surface area contributed by atoms with Gasteiger partial charge in [-0.2, -0.15) is 0 Å². The number of aliphatic hydroxyl groups is 1. The zero-order valence-corrected chi connectivity index (χ0v) is 24.2. The van der Waals surface area contributed by atoms with Crippen LogP contribution in [0.25, 0.3) is 0 Å². The van der Waals surface area contributed by atoms with Crippen molar-refractivity contribution in [3.05, 3.63) is 29.8 Å². The third-order valence-electron chi connectivity index (χ3n) is 9.32. The highest BCUT2D eigenvalue weighted by Gasteiger charge is 2.68. The van der Waals surface area contributed by atoms with Gasteiger partial charge in [0.2, 0.25) is 5.91 Å². The second-order valence-corrected chi connectivity index (χ2v) is 12.9. The number of hydrogen-bond donors (Lipinski definition) is 2. The summed E-state index contributed by atoms with van der Waals surface area (Å²) in [6, 6.07) is 6.95. The summed E-state index contributed by atoms with van der Waals surface area (Å²) in [5.74, 6) is 0.297. The summed E-state index contributed by atoms with van der Waals surface area (Å²) in [5, 5.41) is 13.6. The van der Waals surface area contributed by atoms with Crippen LogP contribution in [-0.2, 0) is 14.1 Å². The smallest absolute Gasteiger partial charge is 0.481 e. The lowest BCUT2D eigenvalue weighted by Gasteiger charge is -2.64. The molecule has 3 saturated carbocycles. The van der Waals surface area contributed by atoms with E-state index >= 15 is 0 Å². The molecule has 0 spiro atoms. The van der Waals surface area contributed by atoms with Gasteiger partial charge in [0.1, 0.15) is 5.75 Å². The van der Waals surface area contributed by atoms with E-state index < -0.39 is 19.1 Å². The summed E-state index contributed by atoms with van der Waals surface area (Å²) in [4.78, 5) is 26.5. The molecular formula is C30H46BNO6. The van der Waals surface area contributed by atoms with Crippen molar-refractivity contribution in [3.63, 3.8) is 0 Å². The van der Waals surface area contributed by atoms with Gasteiger partial charge in [-0.1, -0.05) is 34.6 Å². The molecule has 2 N–H and O–H groups in total. The number of nitrogens with one attached hydrogen (secondary N) is 1. The zero-order chi connectivity index (χ0) is 27.8. The normalized spacial score (nSPS) is 29.7. The largest absolute Gasteiger partial charge is 0.494 e. The van der Waals surface area contributed by atoms with Gasteiger partial charge in [0.25, 0.3) is 0 Å². The van der Waals surface area contributed by atoms with E-state index in [0.717, 1.165) is 19.3 Å². The van der Waals surface area contributed by atoms with E-state index in [9.17, 15) is 14.7 Å². The van der Waals surface area contributed by atoms with E-state index in [4.69, 9.17) is 14.0 Å². The van der Waals surface area contributed by atoms with E-state index in [1.807, 2.05) is 6.92 Å². The first-order chi connectivity index (χ1) is 17.9. The van der Waals surface area contributed by atoms with E-state index in [1.54, 1.807) is 31.2 Å². The first-order valence-corrected chi connectivity index (χ1v) is 14.4. The second-order valence-electron chi connectivity index (χ2n) is 12.9. The van der Waals surface area contributed by atoms with Gasteiger partial charge in [-0.05, 0) is 87.0 Å². The third kappa shape index (κ3) is 5.68. The zero-order valence-electron chi connectivity index (χ0n) is 24.2. The van der Waals surface area contributed by atoms with Crippen molar-refractivity contribution in [2.75, 3.05) is 6.61 Å². The minimum absolute atomic E-state index is 0.0225. The molecular weight excluding hydrogens is 481 g/mol. The van der Waals surface area contributed by atoms with Gasteiger partial charge in [-0.25, -0.2) is 0 Å². The van der Waals surface area contributed by atoms with Gasteiger partial charge in [0, 0.05) is 12.0 Å². The summed E-state index contributed by atoms with van der Waals surface area (Å²) in [6.45, 7) is 15.2. The van der Waals surface area contributed by atoms with Crippen LogP contribution in [0.4, 0.5) is 0 Å². The van der Waals surface area contributed by atoms with E-state index in [0.29, 0.717) is 42.1 Å². The Hall–Kier alpha value is -1.90. The van der Waals surface area contributed by atoms with Crippen LogP contribution in [0.15, 0.2) is 24.3 Å². The Morgan fingerprint density at radius 3 is 2.42 bits per heavy atom. The molecule has 0 radical (unpaired) electrons. The molecule has 3 aliphatic carbocycles. The Labute approximate surface area is 228 Å². The van der Waals surface area contributed by atoms with Crippen LogP contribution in [0.2, 0.25) is 0 Å². The van der Waals surface area contributed by atoms with Crippen LogP contribution in [0.1, 0.15) is 90.9 Å². The molecule has 2 bridgehead atoms. The molecule has 38 heavy (non-hydrogen) atoms. The van der Waals surface area contributed by atoms with Gasteiger partial charge < -0.3 is 24.5 Å². The van der Waals surface area contributed by atoms with Crippen LogP contribution in [0, 0.1) is 29.1 Å². The molecule has 210 valence electrons. The van der Waals surface area contributed by atoms with E-state index in [-0.39, 0.29) is 41.2 Å². The molecule has 4 aliphatic rings. The molecule has 1 aromatic carbocycles. The lowest BCUT2D eigenvalue weighted by atomic mass is 9.43. The molecule has 1 heterocycles. The van der Waals surface area contributed by atoms with Gasteiger partial charge in [0.15, 0.2) is 5.78 Å². The maximum atomic E-state index is 13.5. The molecule has 1 saturated heterocycles. The van der Waals surface area contributed by atoms with Gasteiger partial charge in [0.05, 0.1) is 36.3 Å². The minimum atomic E-state index is -0.982. The van der Waals surface area contributed by atoms with Crippen molar-refractivity contribution < 1.29 is 28.7 Å². The predicted molar refractivity (Wildman–Crippen MR) is 148 cm³/mol. The maximum Gasteiger partial charge on any atom is 0.481 e. The van der Waals surface area contributed by atoms with Crippen molar-refractivity contribution >= 4 is 18.8 Å². The number of Topliss-reactive ketones (excluding diaryl/α,β-unsaturated/α-hetero) is 1. The quantitative estimate of drug-likeness (QED) is 0.298. The second kappa shape index (κ2) is 11.3. The fourth-order valence-electron chi connectivity index (χ4n) is 6.86. The SMILES string of the molecule is CCCOc1ccc(C(=O)C[C@H](C(=O)N[C@@H](CC(C)C)B2O[C@@H]3C[C@@H]4C[C@@H](C4(C)C)[C@]3(C)O2)[C@@H](C)O)cc1. The number of aliphatic hydroxyl groups excluding tert-OH is 1. The molecule has 7 nitrogen and oxygen atoms in total. The average molecular weight is 528 g/mol. The Morgan fingerprint density at radius 1 is 1.16 bits per heavy atom. The molecule has 7 atom stereocenters. The highest BCUT2D eigenvalue weighted by atomic mass is 16.7.